The molecule has 10 heteroatoms. The fourth-order valence-corrected chi connectivity index (χ4v) is 7.77. The van der Waals surface area contributed by atoms with E-state index < -0.39 is 10.0 Å². The van der Waals surface area contributed by atoms with Crippen molar-refractivity contribution in [2.75, 3.05) is 60.6 Å². The molecule has 4 aromatic rings. The second-order valence-corrected chi connectivity index (χ2v) is 12.4. The molecule has 3 aromatic carbocycles. The van der Waals surface area contributed by atoms with Crippen molar-refractivity contribution < 1.29 is 22.6 Å². The number of nitrogens with zero attached hydrogens (tertiary/aromatic N) is 4. The van der Waals surface area contributed by atoms with E-state index in [4.69, 9.17) is 14.2 Å². The molecule has 1 aliphatic heterocycles. The van der Waals surface area contributed by atoms with Gasteiger partial charge in [-0.15, -0.1) is 0 Å². The first kappa shape index (κ1) is 30.7. The zero-order valence-corrected chi connectivity index (χ0v) is 26.1. The van der Waals surface area contributed by atoms with Crippen LogP contribution in [0.25, 0.3) is 10.8 Å². The van der Waals surface area contributed by atoms with Gasteiger partial charge < -0.3 is 14.2 Å². The third-order valence-electron chi connectivity index (χ3n) is 8.15. The summed E-state index contributed by atoms with van der Waals surface area (Å²) < 4.78 is 47.0. The lowest BCUT2D eigenvalue weighted by Gasteiger charge is -2.39. The van der Waals surface area contributed by atoms with Crippen LogP contribution < -0.4 is 14.2 Å². The predicted octanol–water partition coefficient (Wildman–Crippen LogP) is 4.83. The number of hydrogen-bond donors (Lipinski definition) is 0. The Kier molecular flexibility index (Phi) is 9.82. The van der Waals surface area contributed by atoms with Crippen LogP contribution in [0.15, 0.2) is 84.0 Å². The van der Waals surface area contributed by atoms with Gasteiger partial charge in [0.2, 0.25) is 15.8 Å². The van der Waals surface area contributed by atoms with Crippen molar-refractivity contribution in [2.24, 2.45) is 0 Å². The van der Waals surface area contributed by atoms with Crippen molar-refractivity contribution in [1.29, 1.82) is 0 Å². The number of rotatable bonds is 12. The Balaban J connectivity index is 1.36. The number of piperazine rings is 1. The SMILES string of the molecule is CCN(C(CN1CCN(Cc2ccc(OC)c(OC)c2OC)CC1)c1ccccc1)S(=O)(=O)c1cccc2cnccc12. The number of methoxy groups -OCH3 is 3. The van der Waals surface area contributed by atoms with E-state index in [1.54, 1.807) is 56.2 Å². The van der Waals surface area contributed by atoms with Gasteiger partial charge in [0.1, 0.15) is 0 Å². The zero-order chi connectivity index (χ0) is 30.4. The second-order valence-electron chi connectivity index (χ2n) is 10.6. The summed E-state index contributed by atoms with van der Waals surface area (Å²) in [6.45, 7) is 6.88. The van der Waals surface area contributed by atoms with Crippen LogP contribution in [0.1, 0.15) is 24.1 Å². The summed E-state index contributed by atoms with van der Waals surface area (Å²) in [5.74, 6) is 1.91. The molecule has 0 bridgehead atoms. The Labute approximate surface area is 254 Å². The van der Waals surface area contributed by atoms with Crippen LogP contribution in [0.5, 0.6) is 17.2 Å². The third-order valence-corrected chi connectivity index (χ3v) is 10.2. The molecule has 5 rings (SSSR count). The molecule has 1 aliphatic rings. The minimum Gasteiger partial charge on any atom is -0.493 e. The summed E-state index contributed by atoms with van der Waals surface area (Å²) in [6, 6.07) is 20.7. The van der Waals surface area contributed by atoms with E-state index in [9.17, 15) is 8.42 Å². The molecular formula is C33H40N4O5S. The van der Waals surface area contributed by atoms with Crippen LogP contribution in [-0.4, -0.2) is 88.1 Å². The molecule has 1 unspecified atom stereocenters. The number of sulfonamides is 1. The van der Waals surface area contributed by atoms with Gasteiger partial charge in [-0.3, -0.25) is 14.8 Å². The average molecular weight is 605 g/mol. The van der Waals surface area contributed by atoms with Crippen LogP contribution in [0, 0.1) is 0 Å². The Hall–Kier alpha value is -3.70. The molecule has 0 N–H and O–H groups in total. The maximum absolute atomic E-state index is 14.3. The molecule has 43 heavy (non-hydrogen) atoms. The molecule has 0 aliphatic carbocycles. The van der Waals surface area contributed by atoms with Crippen molar-refractivity contribution in [3.63, 3.8) is 0 Å². The van der Waals surface area contributed by atoms with Crippen LogP contribution in [0.3, 0.4) is 0 Å². The topological polar surface area (TPSA) is 84.4 Å². The molecule has 0 amide bonds. The van der Waals surface area contributed by atoms with Crippen LogP contribution in [0.2, 0.25) is 0 Å². The van der Waals surface area contributed by atoms with E-state index in [1.807, 2.05) is 55.5 Å². The molecule has 1 atom stereocenters. The van der Waals surface area contributed by atoms with Gasteiger partial charge in [0.15, 0.2) is 11.5 Å². The highest BCUT2D eigenvalue weighted by atomic mass is 32.2. The highest BCUT2D eigenvalue weighted by Crippen LogP contribution is 2.40. The maximum atomic E-state index is 14.3. The Morgan fingerprint density at radius 3 is 2.23 bits per heavy atom. The average Bonchev–Trinajstić information content (AvgIpc) is 3.05. The lowest BCUT2D eigenvalue weighted by molar-refractivity contribution is 0.106. The van der Waals surface area contributed by atoms with Gasteiger partial charge in [0, 0.05) is 74.5 Å². The second kappa shape index (κ2) is 13.7. The van der Waals surface area contributed by atoms with Crippen molar-refractivity contribution in [2.45, 2.75) is 24.4 Å². The number of fused-ring (bicyclic) bond motifs is 1. The molecule has 0 saturated carbocycles. The van der Waals surface area contributed by atoms with E-state index in [2.05, 4.69) is 14.8 Å². The van der Waals surface area contributed by atoms with Gasteiger partial charge in [-0.05, 0) is 23.8 Å². The predicted molar refractivity (Wildman–Crippen MR) is 168 cm³/mol. The Bertz CT molecular complexity index is 1620. The molecule has 1 aromatic heterocycles. The van der Waals surface area contributed by atoms with Crippen LogP contribution >= 0.6 is 0 Å². The standard InChI is InChI=1S/C33H40N4O5S/c1-5-37(43(38,39)31-13-9-12-26-22-34-17-16-28(26)31)29(25-10-7-6-8-11-25)24-36-20-18-35(19-21-36)23-27-14-15-30(40-2)33(42-4)32(27)41-3/h6-17,22,29H,5,18-21,23-24H2,1-4H3. The molecule has 0 spiro atoms. The number of likely N-dealkylation sites (N-methyl/N-ethyl adjacent to an activating group) is 1. The van der Waals surface area contributed by atoms with Gasteiger partial charge >= 0.3 is 0 Å². The molecule has 1 fully saturated rings. The lowest BCUT2D eigenvalue weighted by Crippen LogP contribution is -2.49. The van der Waals surface area contributed by atoms with E-state index in [-0.39, 0.29) is 6.04 Å². The summed E-state index contributed by atoms with van der Waals surface area (Å²) in [4.78, 5) is 9.24. The minimum atomic E-state index is -3.81. The summed E-state index contributed by atoms with van der Waals surface area (Å²) in [5, 5.41) is 1.49. The first-order valence-corrected chi connectivity index (χ1v) is 16.0. The van der Waals surface area contributed by atoms with Gasteiger partial charge in [0.25, 0.3) is 0 Å². The van der Waals surface area contributed by atoms with Gasteiger partial charge in [-0.2, -0.15) is 4.31 Å². The largest absolute Gasteiger partial charge is 0.493 e. The van der Waals surface area contributed by atoms with Crippen LogP contribution in [-0.2, 0) is 16.6 Å². The monoisotopic (exact) mass is 604 g/mol. The number of hydrogen-bond acceptors (Lipinski definition) is 8. The van der Waals surface area contributed by atoms with E-state index >= 15 is 0 Å². The lowest BCUT2D eigenvalue weighted by atomic mass is 10.1. The van der Waals surface area contributed by atoms with Crippen molar-refractivity contribution in [3.05, 3.63) is 90.3 Å². The number of aromatic nitrogens is 1. The number of pyridine rings is 1. The van der Waals surface area contributed by atoms with Crippen molar-refractivity contribution in [1.82, 2.24) is 19.1 Å². The molecule has 0 radical (unpaired) electrons. The highest BCUT2D eigenvalue weighted by molar-refractivity contribution is 7.89. The fourth-order valence-electron chi connectivity index (χ4n) is 5.94. The van der Waals surface area contributed by atoms with Gasteiger partial charge in [0.05, 0.1) is 32.3 Å². The Morgan fingerprint density at radius 2 is 1.56 bits per heavy atom. The third kappa shape index (κ3) is 6.47. The molecule has 1 saturated heterocycles. The van der Waals surface area contributed by atoms with Crippen LogP contribution in [0.4, 0.5) is 0 Å². The minimum absolute atomic E-state index is 0.309. The number of ether oxygens (including phenoxy) is 3. The smallest absolute Gasteiger partial charge is 0.244 e. The molecule has 2 heterocycles. The number of benzene rings is 3. The normalized spacial score (nSPS) is 15.5. The fraction of sp³-hybridized carbons (Fsp3) is 0.364. The molecule has 228 valence electrons. The van der Waals surface area contributed by atoms with Gasteiger partial charge in [-0.1, -0.05) is 55.5 Å². The summed E-state index contributed by atoms with van der Waals surface area (Å²) >= 11 is 0. The highest BCUT2D eigenvalue weighted by Gasteiger charge is 2.34. The summed E-state index contributed by atoms with van der Waals surface area (Å²) in [6.07, 6.45) is 3.35. The van der Waals surface area contributed by atoms with Gasteiger partial charge in [-0.25, -0.2) is 8.42 Å². The zero-order valence-electron chi connectivity index (χ0n) is 25.3. The quantitative estimate of drug-likeness (QED) is 0.227. The maximum Gasteiger partial charge on any atom is 0.244 e. The van der Waals surface area contributed by atoms with E-state index in [0.717, 1.165) is 42.7 Å². The Morgan fingerprint density at radius 1 is 0.837 bits per heavy atom. The first-order chi connectivity index (χ1) is 20.9. The van der Waals surface area contributed by atoms with E-state index in [1.165, 1.54) is 0 Å². The molecular weight excluding hydrogens is 564 g/mol. The molecule has 9 nitrogen and oxygen atoms in total. The summed E-state index contributed by atoms with van der Waals surface area (Å²) in [7, 11) is 1.06. The summed E-state index contributed by atoms with van der Waals surface area (Å²) in [5.41, 5.74) is 2.01. The first-order valence-electron chi connectivity index (χ1n) is 14.5. The van der Waals surface area contributed by atoms with Crippen molar-refractivity contribution in [3.8, 4) is 17.2 Å². The van der Waals surface area contributed by atoms with Crippen molar-refractivity contribution >= 4 is 20.8 Å². The van der Waals surface area contributed by atoms with E-state index in [0.29, 0.717) is 47.2 Å².